The largest absolute Gasteiger partial charge is 0.351 e. The van der Waals surface area contributed by atoms with Crippen LogP contribution in [0.25, 0.3) is 10.9 Å². The first-order chi connectivity index (χ1) is 14.1. The van der Waals surface area contributed by atoms with Crippen LogP contribution in [0, 0.1) is 11.6 Å². The summed E-state index contributed by atoms with van der Waals surface area (Å²) < 4.78 is 83.3. The predicted octanol–water partition coefficient (Wildman–Crippen LogP) is 2.15. The van der Waals surface area contributed by atoms with Gasteiger partial charge in [-0.15, -0.1) is 0 Å². The maximum atomic E-state index is 14.0. The first kappa shape index (κ1) is 20.9. The lowest BCUT2D eigenvalue weighted by molar-refractivity contribution is 0.271. The molecule has 0 amide bonds. The van der Waals surface area contributed by atoms with Crippen molar-refractivity contribution in [3.05, 3.63) is 60.3 Å². The van der Waals surface area contributed by atoms with Gasteiger partial charge in [0, 0.05) is 50.3 Å². The number of nitrogens with zero attached hydrogens (tertiary/aromatic N) is 3. The van der Waals surface area contributed by atoms with Crippen molar-refractivity contribution in [2.75, 3.05) is 26.2 Å². The Labute approximate surface area is 173 Å². The van der Waals surface area contributed by atoms with E-state index in [9.17, 15) is 25.6 Å². The Morgan fingerprint density at radius 2 is 1.37 bits per heavy atom. The topological polar surface area (TPSA) is 79.7 Å². The van der Waals surface area contributed by atoms with Crippen LogP contribution < -0.4 is 0 Å². The van der Waals surface area contributed by atoms with E-state index in [1.54, 1.807) is 12.1 Å². The molecule has 7 nitrogen and oxygen atoms in total. The minimum Gasteiger partial charge on any atom is -0.351 e. The highest BCUT2D eigenvalue weighted by Crippen LogP contribution is 2.26. The molecule has 0 N–H and O–H groups in total. The molecule has 30 heavy (non-hydrogen) atoms. The highest BCUT2D eigenvalue weighted by atomic mass is 32.2. The number of rotatable bonds is 4. The van der Waals surface area contributed by atoms with Crippen LogP contribution >= 0.6 is 0 Å². The fourth-order valence-electron chi connectivity index (χ4n) is 3.58. The number of piperazine rings is 1. The van der Waals surface area contributed by atoms with Gasteiger partial charge in [-0.1, -0.05) is 6.07 Å². The summed E-state index contributed by atoms with van der Waals surface area (Å²) in [5.74, 6) is -2.36. The lowest BCUT2D eigenvalue weighted by Crippen LogP contribution is -2.50. The zero-order valence-electron chi connectivity index (χ0n) is 16.0. The number of halogens is 2. The summed E-state index contributed by atoms with van der Waals surface area (Å²) in [4.78, 5) is -0.909. The maximum absolute atomic E-state index is 14.0. The monoisotopic (exact) mass is 455 g/mol. The van der Waals surface area contributed by atoms with Crippen LogP contribution in [0.2, 0.25) is 0 Å². The molecule has 1 fully saturated rings. The molecule has 0 saturated carbocycles. The predicted molar refractivity (Wildman–Crippen MR) is 107 cm³/mol. The molecule has 2 aromatic carbocycles. The van der Waals surface area contributed by atoms with E-state index in [2.05, 4.69) is 0 Å². The Bertz CT molecular complexity index is 1310. The lowest BCUT2D eigenvalue weighted by Gasteiger charge is -2.33. The number of fused-ring (bicyclic) bond motifs is 1. The fraction of sp³-hybridized carbons (Fsp3) is 0.263. The molecular formula is C19H19F2N3O4S2. The van der Waals surface area contributed by atoms with Gasteiger partial charge in [-0.2, -0.15) is 8.61 Å². The lowest BCUT2D eigenvalue weighted by atomic mass is 10.2. The molecule has 0 atom stereocenters. The van der Waals surface area contributed by atoms with Crippen LogP contribution in [0.3, 0.4) is 0 Å². The quantitative estimate of drug-likeness (QED) is 0.604. The number of aromatic nitrogens is 1. The van der Waals surface area contributed by atoms with Gasteiger partial charge in [-0.05, 0) is 36.4 Å². The van der Waals surface area contributed by atoms with Gasteiger partial charge in [0.1, 0.15) is 11.6 Å². The van der Waals surface area contributed by atoms with Gasteiger partial charge in [0.25, 0.3) is 0 Å². The third-order valence-corrected chi connectivity index (χ3v) is 9.05. The summed E-state index contributed by atoms with van der Waals surface area (Å²) in [6, 6.07) is 9.42. The van der Waals surface area contributed by atoms with Gasteiger partial charge in [0.2, 0.25) is 20.0 Å². The zero-order chi connectivity index (χ0) is 21.7. The van der Waals surface area contributed by atoms with Gasteiger partial charge < -0.3 is 4.57 Å². The van der Waals surface area contributed by atoms with Crippen molar-refractivity contribution in [2.45, 2.75) is 9.79 Å². The normalized spacial score (nSPS) is 16.9. The zero-order valence-corrected chi connectivity index (χ0v) is 17.6. The molecule has 11 heteroatoms. The number of benzene rings is 2. The first-order valence-corrected chi connectivity index (χ1v) is 12.0. The summed E-state index contributed by atoms with van der Waals surface area (Å²) in [5.41, 5.74) is 0.886. The summed E-state index contributed by atoms with van der Waals surface area (Å²) in [6.45, 7) is -0.652. The summed E-state index contributed by atoms with van der Waals surface area (Å²) in [5, 5.41) is 0.773. The second-order valence-electron chi connectivity index (χ2n) is 7.01. The van der Waals surface area contributed by atoms with Crippen LogP contribution in [0.1, 0.15) is 0 Å². The van der Waals surface area contributed by atoms with Crippen LogP contribution in [-0.2, 0) is 27.1 Å². The van der Waals surface area contributed by atoms with Crippen LogP contribution in [0.5, 0.6) is 0 Å². The second kappa shape index (κ2) is 7.41. The number of sulfonamides is 2. The molecule has 0 bridgehead atoms. The molecule has 3 aromatic rings. The van der Waals surface area contributed by atoms with Gasteiger partial charge in [0.05, 0.1) is 4.90 Å². The van der Waals surface area contributed by atoms with Gasteiger partial charge in [-0.3, -0.25) is 0 Å². The molecule has 0 radical (unpaired) electrons. The van der Waals surface area contributed by atoms with Gasteiger partial charge in [0.15, 0.2) is 4.90 Å². The smallest absolute Gasteiger partial charge is 0.249 e. The molecule has 1 aliphatic heterocycles. The molecule has 2 heterocycles. The maximum Gasteiger partial charge on any atom is 0.249 e. The Balaban J connectivity index is 1.56. The minimum absolute atomic E-state index is 0.109. The first-order valence-electron chi connectivity index (χ1n) is 9.12. The third-order valence-electron chi connectivity index (χ3n) is 5.21. The standard InChI is InChI=1S/C19H19F2N3O4S2/c1-22-8-7-14-13-15(5-6-18(14)22)29(25,26)23-9-11-24(12-10-23)30(27,28)19-16(20)3-2-4-17(19)21/h2-8,13H,9-12H2,1H3. The summed E-state index contributed by atoms with van der Waals surface area (Å²) in [7, 11) is -6.41. The minimum atomic E-state index is -4.42. The second-order valence-corrected chi connectivity index (χ2v) is 10.8. The van der Waals surface area contributed by atoms with Crippen molar-refractivity contribution in [3.63, 3.8) is 0 Å². The van der Waals surface area contributed by atoms with Crippen LogP contribution in [0.4, 0.5) is 8.78 Å². The van der Waals surface area contributed by atoms with Crippen molar-refractivity contribution in [1.82, 2.24) is 13.2 Å². The van der Waals surface area contributed by atoms with Crippen molar-refractivity contribution in [1.29, 1.82) is 0 Å². The summed E-state index contributed by atoms with van der Waals surface area (Å²) >= 11 is 0. The number of aryl methyl sites for hydroxylation is 1. The van der Waals surface area contributed by atoms with E-state index in [1.165, 1.54) is 10.4 Å². The van der Waals surface area contributed by atoms with Crippen molar-refractivity contribution in [2.24, 2.45) is 7.05 Å². The Hall–Kier alpha value is -2.34. The van der Waals surface area contributed by atoms with E-state index >= 15 is 0 Å². The highest BCUT2D eigenvalue weighted by Gasteiger charge is 2.36. The van der Waals surface area contributed by atoms with E-state index in [4.69, 9.17) is 0 Å². The Morgan fingerprint density at radius 3 is 1.97 bits per heavy atom. The molecule has 0 aliphatic carbocycles. The Kier molecular flexibility index (Phi) is 5.17. The average molecular weight is 456 g/mol. The van der Waals surface area contributed by atoms with Crippen molar-refractivity contribution >= 4 is 30.9 Å². The van der Waals surface area contributed by atoms with E-state index in [0.29, 0.717) is 0 Å². The van der Waals surface area contributed by atoms with E-state index in [-0.39, 0.29) is 31.1 Å². The summed E-state index contributed by atoms with van der Waals surface area (Å²) in [6.07, 6.45) is 1.83. The molecule has 0 spiro atoms. The third kappa shape index (κ3) is 3.41. The number of hydrogen-bond acceptors (Lipinski definition) is 4. The molecule has 4 rings (SSSR count). The van der Waals surface area contributed by atoms with Crippen molar-refractivity contribution in [3.8, 4) is 0 Å². The molecule has 0 unspecified atom stereocenters. The van der Waals surface area contributed by atoms with Crippen LogP contribution in [0.15, 0.2) is 58.5 Å². The highest BCUT2D eigenvalue weighted by molar-refractivity contribution is 7.89. The van der Waals surface area contributed by atoms with E-state index in [1.807, 2.05) is 23.9 Å². The molecule has 1 aromatic heterocycles. The molecular weight excluding hydrogens is 436 g/mol. The van der Waals surface area contributed by atoms with Gasteiger partial charge >= 0.3 is 0 Å². The van der Waals surface area contributed by atoms with Crippen LogP contribution in [-0.4, -0.2) is 56.2 Å². The van der Waals surface area contributed by atoms with E-state index < -0.39 is 36.6 Å². The Morgan fingerprint density at radius 1 is 0.800 bits per heavy atom. The van der Waals surface area contributed by atoms with Gasteiger partial charge in [-0.25, -0.2) is 25.6 Å². The fourth-order valence-corrected chi connectivity index (χ4v) is 6.57. The SMILES string of the molecule is Cn1ccc2cc(S(=O)(=O)N3CCN(S(=O)(=O)c4c(F)cccc4F)CC3)ccc21. The average Bonchev–Trinajstić information content (AvgIpc) is 3.08. The molecule has 160 valence electrons. The van der Waals surface area contributed by atoms with Crippen molar-refractivity contribution < 1.29 is 25.6 Å². The number of hydrogen-bond donors (Lipinski definition) is 0. The van der Waals surface area contributed by atoms with E-state index in [0.717, 1.165) is 33.4 Å². The molecule has 1 saturated heterocycles. The molecule has 1 aliphatic rings.